The first-order valence-electron chi connectivity index (χ1n) is 12.5. The lowest BCUT2D eigenvalue weighted by molar-refractivity contribution is -0.141. The van der Waals surface area contributed by atoms with Crippen molar-refractivity contribution < 1.29 is 28.3 Å². The van der Waals surface area contributed by atoms with Crippen LogP contribution in [0.5, 0.6) is 0 Å². The van der Waals surface area contributed by atoms with E-state index in [0.717, 1.165) is 24.8 Å². The lowest BCUT2D eigenvalue weighted by atomic mass is 9.90. The zero-order chi connectivity index (χ0) is 28.7. The molecule has 0 atom stereocenters. The minimum Gasteiger partial charge on any atom is -0.468 e. The molecule has 2 amide bonds. The molecular formula is C29H33ClFN3O5. The number of methoxy groups -OCH3 is 1. The number of nitrogens with zero attached hydrogens (tertiary/aromatic N) is 3. The summed E-state index contributed by atoms with van der Waals surface area (Å²) in [6, 6.07) is 11.5. The Kier molecular flexibility index (Phi) is 10.2. The number of amides is 2. The molecule has 0 radical (unpaired) electrons. The third-order valence-electron chi connectivity index (χ3n) is 6.84. The van der Waals surface area contributed by atoms with Crippen LogP contribution in [0, 0.1) is 11.7 Å². The second-order valence-electron chi connectivity index (χ2n) is 9.57. The van der Waals surface area contributed by atoms with Gasteiger partial charge in [-0.3, -0.25) is 19.2 Å². The monoisotopic (exact) mass is 557 g/mol. The number of esters is 1. The molecule has 2 heterocycles. The average molecular weight is 558 g/mol. The predicted octanol–water partition coefficient (Wildman–Crippen LogP) is 4.17. The number of aromatic nitrogens is 1. The third-order valence-corrected chi connectivity index (χ3v) is 6.84. The number of fused-ring (bicyclic) bond motifs is 1. The molecule has 8 nitrogen and oxygen atoms in total. The van der Waals surface area contributed by atoms with Gasteiger partial charge in [0.05, 0.1) is 12.7 Å². The first-order chi connectivity index (χ1) is 18.7. The number of ether oxygens (including phenoxy) is 1. The van der Waals surface area contributed by atoms with Gasteiger partial charge in [0.15, 0.2) is 0 Å². The first-order valence-corrected chi connectivity index (χ1v) is 13.3. The second-order valence-corrected chi connectivity index (χ2v) is 9.57. The Bertz CT molecular complexity index is 1340. The number of rotatable bonds is 7. The summed E-state index contributed by atoms with van der Waals surface area (Å²) in [6.45, 7) is 1.05. The number of Topliss-reactive ketones (excluding diaryl/α,β-unsaturated/α-hetero) is 1. The summed E-state index contributed by atoms with van der Waals surface area (Å²) in [5.41, 5.74) is 2.17. The van der Waals surface area contributed by atoms with Gasteiger partial charge in [-0.1, -0.05) is 12.1 Å². The van der Waals surface area contributed by atoms with E-state index in [2.05, 4.69) is 11.6 Å². The molecule has 1 aliphatic heterocycles. The van der Waals surface area contributed by atoms with Crippen molar-refractivity contribution in [2.45, 2.75) is 25.8 Å². The van der Waals surface area contributed by atoms with Gasteiger partial charge in [0.25, 0.3) is 17.6 Å². The van der Waals surface area contributed by atoms with Crippen LogP contribution in [0.3, 0.4) is 0 Å². The zero-order valence-corrected chi connectivity index (χ0v) is 23.3. The van der Waals surface area contributed by atoms with Crippen molar-refractivity contribution in [3.8, 4) is 0 Å². The molecule has 4 rings (SSSR count). The van der Waals surface area contributed by atoms with E-state index in [9.17, 15) is 23.6 Å². The number of ketones is 1. The van der Waals surface area contributed by atoms with E-state index in [1.165, 1.54) is 50.8 Å². The molecule has 39 heavy (non-hydrogen) atoms. The van der Waals surface area contributed by atoms with Crippen LogP contribution >= 0.6 is 11.6 Å². The van der Waals surface area contributed by atoms with Crippen molar-refractivity contribution in [1.82, 2.24) is 14.4 Å². The van der Waals surface area contributed by atoms with E-state index in [1.807, 2.05) is 0 Å². The van der Waals surface area contributed by atoms with Gasteiger partial charge in [0, 0.05) is 56.2 Å². The molecule has 2 aromatic carbocycles. The highest BCUT2D eigenvalue weighted by atomic mass is 35.5. The molecule has 3 aromatic rings. The van der Waals surface area contributed by atoms with Gasteiger partial charge in [0.2, 0.25) is 0 Å². The fourth-order valence-electron chi connectivity index (χ4n) is 4.74. The zero-order valence-electron chi connectivity index (χ0n) is 22.6. The Balaban J connectivity index is 0.00000205. The van der Waals surface area contributed by atoms with Crippen LogP contribution in [0.2, 0.25) is 0 Å². The standard InChI is InChI=1S/C28H30FN3O5.CH3Cl/c1-30(2)28(36)26(34)23-16-32(17-25(33)37-3)24-9-6-20(15-22(23)24)27(35)31-12-10-19(11-13-31)14-18-4-7-21(29)8-5-18;1-2/h4-9,15-16,19H,10-14,17H2,1-3H3;1H3. The van der Waals surface area contributed by atoms with Crippen LogP contribution in [0.25, 0.3) is 10.9 Å². The summed E-state index contributed by atoms with van der Waals surface area (Å²) < 4.78 is 19.5. The van der Waals surface area contributed by atoms with Gasteiger partial charge in [0.1, 0.15) is 12.4 Å². The summed E-state index contributed by atoms with van der Waals surface area (Å²) in [5.74, 6) is -1.91. The maximum absolute atomic E-state index is 13.3. The number of piperidine rings is 1. The normalized spacial score (nSPS) is 13.4. The largest absolute Gasteiger partial charge is 0.468 e. The fraction of sp³-hybridized carbons (Fsp3) is 0.379. The molecule has 0 saturated carbocycles. The van der Waals surface area contributed by atoms with Gasteiger partial charge in [-0.05, 0) is 61.1 Å². The molecule has 0 spiro atoms. The second kappa shape index (κ2) is 13.4. The fourth-order valence-corrected chi connectivity index (χ4v) is 4.74. The van der Waals surface area contributed by atoms with Crippen LogP contribution in [0.15, 0.2) is 48.7 Å². The number of hydrogen-bond acceptors (Lipinski definition) is 5. The summed E-state index contributed by atoms with van der Waals surface area (Å²) in [4.78, 5) is 53.6. The lowest BCUT2D eigenvalue weighted by Gasteiger charge is -2.32. The molecule has 0 unspecified atom stereocenters. The van der Waals surface area contributed by atoms with Crippen molar-refractivity contribution >= 4 is 46.1 Å². The Morgan fingerprint density at radius 1 is 1.03 bits per heavy atom. The molecule has 1 aliphatic rings. The lowest BCUT2D eigenvalue weighted by Crippen LogP contribution is -2.38. The van der Waals surface area contributed by atoms with Crippen LogP contribution < -0.4 is 0 Å². The minimum absolute atomic E-state index is 0.130. The van der Waals surface area contributed by atoms with Crippen LogP contribution in [0.4, 0.5) is 4.39 Å². The average Bonchev–Trinajstić information content (AvgIpc) is 3.31. The number of hydrogen-bond donors (Lipinski definition) is 0. The van der Waals surface area contributed by atoms with Crippen molar-refractivity contribution in [3.05, 3.63) is 71.2 Å². The van der Waals surface area contributed by atoms with E-state index in [0.29, 0.717) is 35.5 Å². The van der Waals surface area contributed by atoms with E-state index >= 15 is 0 Å². The highest BCUT2D eigenvalue weighted by Gasteiger charge is 2.27. The topological polar surface area (TPSA) is 88.9 Å². The van der Waals surface area contributed by atoms with Gasteiger partial charge < -0.3 is 19.1 Å². The molecule has 1 aromatic heterocycles. The number of benzene rings is 2. The summed E-state index contributed by atoms with van der Waals surface area (Å²) in [5, 5.41) is 0.432. The maximum atomic E-state index is 13.3. The van der Waals surface area contributed by atoms with Crippen LogP contribution in [0.1, 0.15) is 39.1 Å². The first kappa shape index (κ1) is 29.8. The third kappa shape index (κ3) is 7.03. The molecular weight excluding hydrogens is 525 g/mol. The number of carbonyl (C=O) groups excluding carboxylic acids is 4. The number of halogens is 2. The van der Waals surface area contributed by atoms with Gasteiger partial charge in [-0.25, -0.2) is 4.39 Å². The Morgan fingerprint density at radius 3 is 2.26 bits per heavy atom. The molecule has 1 fully saturated rings. The van der Waals surface area contributed by atoms with Crippen molar-refractivity contribution in [1.29, 1.82) is 0 Å². The molecule has 0 N–H and O–H groups in total. The highest BCUT2D eigenvalue weighted by Crippen LogP contribution is 2.27. The number of carbonyl (C=O) groups is 4. The molecule has 10 heteroatoms. The summed E-state index contributed by atoms with van der Waals surface area (Å²) >= 11 is 4.64. The number of likely N-dealkylation sites (tertiary alicyclic amines) is 1. The number of likely N-dealkylation sites (N-methyl/N-ethyl adjacent to an activating group) is 1. The van der Waals surface area contributed by atoms with E-state index in [-0.39, 0.29) is 23.8 Å². The van der Waals surface area contributed by atoms with Crippen molar-refractivity contribution in [3.63, 3.8) is 0 Å². The van der Waals surface area contributed by atoms with Gasteiger partial charge in [-0.15, -0.1) is 11.6 Å². The SMILES string of the molecule is CCl.COC(=O)Cn1cc(C(=O)C(=O)N(C)C)c2cc(C(=O)N3CCC(Cc4ccc(F)cc4)CC3)ccc21. The quantitative estimate of drug-likeness (QED) is 0.188. The van der Waals surface area contributed by atoms with Crippen molar-refractivity contribution in [2.75, 3.05) is 40.7 Å². The molecule has 208 valence electrons. The van der Waals surface area contributed by atoms with E-state index in [4.69, 9.17) is 4.74 Å². The Hall–Kier alpha value is -3.72. The predicted molar refractivity (Wildman–Crippen MR) is 147 cm³/mol. The van der Waals surface area contributed by atoms with E-state index in [1.54, 1.807) is 39.8 Å². The summed E-state index contributed by atoms with van der Waals surface area (Å²) in [6.07, 6.45) is 5.44. The van der Waals surface area contributed by atoms with E-state index < -0.39 is 17.7 Å². The smallest absolute Gasteiger partial charge is 0.325 e. The van der Waals surface area contributed by atoms with Crippen LogP contribution in [-0.4, -0.2) is 78.6 Å². The Morgan fingerprint density at radius 2 is 1.67 bits per heavy atom. The molecule has 0 aliphatic carbocycles. The highest BCUT2D eigenvalue weighted by molar-refractivity contribution is 6.44. The minimum atomic E-state index is -0.718. The van der Waals surface area contributed by atoms with Crippen LogP contribution in [-0.2, 0) is 27.3 Å². The molecule has 0 bridgehead atoms. The maximum Gasteiger partial charge on any atom is 0.325 e. The van der Waals surface area contributed by atoms with Crippen molar-refractivity contribution in [2.24, 2.45) is 5.92 Å². The summed E-state index contributed by atoms with van der Waals surface area (Å²) in [7, 11) is 4.25. The number of alkyl halides is 1. The van der Waals surface area contributed by atoms with Gasteiger partial charge in [-0.2, -0.15) is 0 Å². The Labute approximate surface area is 232 Å². The molecule has 1 saturated heterocycles. The van der Waals surface area contributed by atoms with Gasteiger partial charge >= 0.3 is 5.97 Å².